The summed E-state index contributed by atoms with van der Waals surface area (Å²) in [7, 11) is 0. The third-order valence-electron chi connectivity index (χ3n) is 3.72. The van der Waals surface area contributed by atoms with Gasteiger partial charge >= 0.3 is 0 Å². The van der Waals surface area contributed by atoms with E-state index in [-0.39, 0.29) is 18.6 Å². The number of rotatable bonds is 5. The Kier molecular flexibility index (Phi) is 5.24. The van der Waals surface area contributed by atoms with Crippen LogP contribution in [0.1, 0.15) is 20.3 Å². The van der Waals surface area contributed by atoms with Crippen LogP contribution < -0.4 is 10.1 Å². The first-order chi connectivity index (χ1) is 9.90. The number of nitrogens with one attached hydrogen (secondary N) is 1. The number of benzene rings is 1. The molecular weight excluding hydrogens is 338 g/mol. The zero-order chi connectivity index (χ0) is 15.5. The van der Waals surface area contributed by atoms with E-state index in [2.05, 4.69) is 21.2 Å². The van der Waals surface area contributed by atoms with Gasteiger partial charge in [0.25, 0.3) is 5.91 Å². The maximum atomic E-state index is 12.0. The van der Waals surface area contributed by atoms with Crippen LogP contribution >= 0.6 is 15.9 Å². The van der Waals surface area contributed by atoms with E-state index < -0.39 is 11.7 Å². The van der Waals surface area contributed by atoms with Crippen LogP contribution in [-0.4, -0.2) is 42.0 Å². The fourth-order valence-corrected chi connectivity index (χ4v) is 2.42. The Hall–Kier alpha value is -1.11. The second-order valence-electron chi connectivity index (χ2n) is 5.30. The molecule has 1 aromatic carbocycles. The van der Waals surface area contributed by atoms with Gasteiger partial charge in [0.15, 0.2) is 6.10 Å². The maximum Gasteiger partial charge on any atom is 0.260 e. The molecule has 3 atom stereocenters. The number of carbonyl (C=O) groups is 1. The Morgan fingerprint density at radius 2 is 2.24 bits per heavy atom. The highest BCUT2D eigenvalue weighted by atomic mass is 79.9. The first kappa shape index (κ1) is 16.3. The molecule has 1 amide bonds. The second kappa shape index (κ2) is 6.77. The van der Waals surface area contributed by atoms with E-state index in [9.17, 15) is 9.90 Å². The van der Waals surface area contributed by atoms with Crippen LogP contribution in [0.15, 0.2) is 28.7 Å². The van der Waals surface area contributed by atoms with E-state index in [4.69, 9.17) is 9.47 Å². The lowest BCUT2D eigenvalue weighted by molar-refractivity contribution is -0.129. The Morgan fingerprint density at radius 1 is 1.57 bits per heavy atom. The highest BCUT2D eigenvalue weighted by Crippen LogP contribution is 2.24. The van der Waals surface area contributed by atoms with Gasteiger partial charge in [0.05, 0.1) is 6.10 Å². The molecule has 1 aromatic rings. The first-order valence-electron chi connectivity index (χ1n) is 6.94. The summed E-state index contributed by atoms with van der Waals surface area (Å²) in [5, 5.41) is 13.0. The molecule has 116 valence electrons. The van der Waals surface area contributed by atoms with Crippen LogP contribution in [0.4, 0.5) is 0 Å². The molecule has 3 unspecified atom stereocenters. The summed E-state index contributed by atoms with van der Waals surface area (Å²) >= 11 is 3.34. The maximum absolute atomic E-state index is 12.0. The van der Waals surface area contributed by atoms with E-state index >= 15 is 0 Å². The van der Waals surface area contributed by atoms with Crippen molar-refractivity contribution < 1.29 is 19.4 Å². The van der Waals surface area contributed by atoms with E-state index in [1.807, 2.05) is 12.1 Å². The van der Waals surface area contributed by atoms with Crippen LogP contribution in [0, 0.1) is 0 Å². The molecule has 1 aliphatic heterocycles. The number of halogens is 1. The molecule has 1 fully saturated rings. The van der Waals surface area contributed by atoms with Crippen molar-refractivity contribution in [2.75, 3.05) is 13.2 Å². The molecule has 21 heavy (non-hydrogen) atoms. The molecule has 0 saturated carbocycles. The monoisotopic (exact) mass is 357 g/mol. The predicted octanol–water partition coefficient (Wildman–Crippen LogP) is 1.87. The molecule has 1 aliphatic rings. The Labute approximate surface area is 132 Å². The normalized spacial score (nSPS) is 26.4. The van der Waals surface area contributed by atoms with Crippen molar-refractivity contribution in [3.05, 3.63) is 28.7 Å². The van der Waals surface area contributed by atoms with Crippen molar-refractivity contribution in [2.24, 2.45) is 0 Å². The van der Waals surface area contributed by atoms with Crippen LogP contribution in [0.5, 0.6) is 5.75 Å². The third-order valence-corrected chi connectivity index (χ3v) is 4.25. The third kappa shape index (κ3) is 4.18. The van der Waals surface area contributed by atoms with Gasteiger partial charge in [-0.2, -0.15) is 0 Å². The summed E-state index contributed by atoms with van der Waals surface area (Å²) in [6.45, 7) is 4.16. The fourth-order valence-electron chi connectivity index (χ4n) is 2.16. The topological polar surface area (TPSA) is 67.8 Å². The highest BCUT2D eigenvalue weighted by Gasteiger charge is 2.39. The average Bonchev–Trinajstić information content (AvgIpc) is 2.79. The lowest BCUT2D eigenvalue weighted by Gasteiger charge is -2.26. The van der Waals surface area contributed by atoms with Crippen molar-refractivity contribution in [1.29, 1.82) is 0 Å². The number of amides is 1. The van der Waals surface area contributed by atoms with Gasteiger partial charge in [-0.05, 0) is 38.1 Å². The number of carbonyl (C=O) groups excluding carboxylic acids is 1. The number of aliphatic hydroxyl groups is 1. The van der Waals surface area contributed by atoms with E-state index in [1.54, 1.807) is 26.0 Å². The zero-order valence-electron chi connectivity index (χ0n) is 12.1. The minimum Gasteiger partial charge on any atom is -0.481 e. The molecule has 0 bridgehead atoms. The molecule has 0 aliphatic carbocycles. The largest absolute Gasteiger partial charge is 0.481 e. The second-order valence-corrected chi connectivity index (χ2v) is 6.21. The summed E-state index contributed by atoms with van der Waals surface area (Å²) < 4.78 is 11.8. The number of hydrogen-bond acceptors (Lipinski definition) is 4. The Bertz CT molecular complexity index is 493. The summed E-state index contributed by atoms with van der Waals surface area (Å²) in [6, 6.07) is 7.27. The van der Waals surface area contributed by atoms with Crippen LogP contribution in [0.3, 0.4) is 0 Å². The van der Waals surface area contributed by atoms with Crippen LogP contribution in [-0.2, 0) is 9.53 Å². The quantitative estimate of drug-likeness (QED) is 0.843. The molecule has 0 aromatic heterocycles. The van der Waals surface area contributed by atoms with Gasteiger partial charge in [0, 0.05) is 24.0 Å². The smallest absolute Gasteiger partial charge is 0.260 e. The fraction of sp³-hybridized carbons (Fsp3) is 0.533. The van der Waals surface area contributed by atoms with Gasteiger partial charge in [-0.3, -0.25) is 4.79 Å². The van der Waals surface area contributed by atoms with Crippen molar-refractivity contribution in [3.63, 3.8) is 0 Å². The van der Waals surface area contributed by atoms with Gasteiger partial charge in [-0.25, -0.2) is 0 Å². The molecule has 2 N–H and O–H groups in total. The molecule has 0 spiro atoms. The molecule has 6 heteroatoms. The standard InChI is InChI=1S/C15H20BrNO4/c1-10(21-13-5-3-12(16)4-6-13)14(18)17-9-15(19)7-8-20-11(15)2/h3-6,10-11,19H,7-9H2,1-2H3,(H,17,18). The van der Waals surface area contributed by atoms with Gasteiger partial charge in [-0.15, -0.1) is 0 Å². The van der Waals surface area contributed by atoms with Gasteiger partial charge < -0.3 is 19.9 Å². The van der Waals surface area contributed by atoms with E-state index in [1.165, 1.54) is 0 Å². The van der Waals surface area contributed by atoms with E-state index in [0.717, 1.165) is 4.47 Å². The van der Waals surface area contributed by atoms with Gasteiger partial charge in [0.1, 0.15) is 11.4 Å². The summed E-state index contributed by atoms with van der Waals surface area (Å²) in [5.41, 5.74) is -0.993. The van der Waals surface area contributed by atoms with Crippen molar-refractivity contribution in [2.45, 2.75) is 38.1 Å². The molecule has 2 rings (SSSR count). The van der Waals surface area contributed by atoms with Crippen molar-refractivity contribution >= 4 is 21.8 Å². The summed E-state index contributed by atoms with van der Waals surface area (Å²) in [6.07, 6.45) is -0.385. The predicted molar refractivity (Wildman–Crippen MR) is 82.2 cm³/mol. The Morgan fingerprint density at radius 3 is 2.81 bits per heavy atom. The van der Waals surface area contributed by atoms with Crippen molar-refractivity contribution in [1.82, 2.24) is 5.32 Å². The molecule has 1 saturated heterocycles. The van der Waals surface area contributed by atoms with E-state index in [0.29, 0.717) is 18.8 Å². The van der Waals surface area contributed by atoms with Crippen LogP contribution in [0.2, 0.25) is 0 Å². The molecule has 5 nitrogen and oxygen atoms in total. The summed E-state index contributed by atoms with van der Waals surface area (Å²) in [4.78, 5) is 12.0. The first-order valence-corrected chi connectivity index (χ1v) is 7.74. The van der Waals surface area contributed by atoms with Gasteiger partial charge in [-0.1, -0.05) is 15.9 Å². The minimum absolute atomic E-state index is 0.168. The number of hydrogen-bond donors (Lipinski definition) is 2. The summed E-state index contributed by atoms with van der Waals surface area (Å²) in [5.74, 6) is 0.363. The molecule has 0 radical (unpaired) electrons. The molecule has 1 heterocycles. The minimum atomic E-state index is -0.993. The number of ether oxygens (including phenoxy) is 2. The van der Waals surface area contributed by atoms with Gasteiger partial charge in [0.2, 0.25) is 0 Å². The zero-order valence-corrected chi connectivity index (χ0v) is 13.7. The van der Waals surface area contributed by atoms with Crippen LogP contribution in [0.25, 0.3) is 0 Å². The van der Waals surface area contributed by atoms with Crippen molar-refractivity contribution in [3.8, 4) is 5.75 Å². The SMILES string of the molecule is CC(Oc1ccc(Br)cc1)C(=O)NCC1(O)CCOC1C. The highest BCUT2D eigenvalue weighted by molar-refractivity contribution is 9.10. The lowest BCUT2D eigenvalue weighted by atomic mass is 9.97. The average molecular weight is 358 g/mol. The Balaban J connectivity index is 1.84. The molecular formula is C15H20BrNO4. The lowest BCUT2D eigenvalue weighted by Crippen LogP contribution is -2.49.